The highest BCUT2D eigenvalue weighted by Crippen LogP contribution is 2.13. The van der Waals surface area contributed by atoms with Crippen molar-refractivity contribution in [3.05, 3.63) is 60.2 Å². The zero-order chi connectivity index (χ0) is 17.2. The second-order valence-corrected chi connectivity index (χ2v) is 5.20. The average Bonchev–Trinajstić information content (AvgIpc) is 2.62. The van der Waals surface area contributed by atoms with Crippen LogP contribution in [-0.4, -0.2) is 25.2 Å². The number of para-hydroxylation sites is 1. The number of nitriles is 1. The third kappa shape index (κ3) is 5.65. The van der Waals surface area contributed by atoms with Gasteiger partial charge in [-0.15, -0.1) is 0 Å². The molecule has 1 unspecified atom stereocenters. The van der Waals surface area contributed by atoms with Crippen LogP contribution in [0.15, 0.2) is 54.6 Å². The normalized spacial score (nSPS) is 11.2. The fourth-order valence-corrected chi connectivity index (χ4v) is 2.00. The maximum atomic E-state index is 12.0. The van der Waals surface area contributed by atoms with Crippen molar-refractivity contribution in [2.75, 3.05) is 13.2 Å². The van der Waals surface area contributed by atoms with Crippen LogP contribution in [0.3, 0.4) is 0 Å². The molecule has 124 valence electrons. The Bertz CT molecular complexity index is 678. The van der Waals surface area contributed by atoms with E-state index < -0.39 is 6.10 Å². The summed E-state index contributed by atoms with van der Waals surface area (Å²) in [6, 6.07) is 18.3. The van der Waals surface area contributed by atoms with Crippen LogP contribution in [0, 0.1) is 11.3 Å². The van der Waals surface area contributed by atoms with Gasteiger partial charge in [0.05, 0.1) is 18.2 Å². The Morgan fingerprint density at radius 3 is 2.50 bits per heavy atom. The summed E-state index contributed by atoms with van der Waals surface area (Å²) in [7, 11) is 0. The fraction of sp³-hybridized carbons (Fsp3) is 0.263. The van der Waals surface area contributed by atoms with Gasteiger partial charge in [-0.05, 0) is 49.7 Å². The summed E-state index contributed by atoms with van der Waals surface area (Å²) in [4.78, 5) is 12.0. The van der Waals surface area contributed by atoms with E-state index >= 15 is 0 Å². The maximum Gasteiger partial charge on any atom is 0.260 e. The zero-order valence-electron chi connectivity index (χ0n) is 13.6. The summed E-state index contributed by atoms with van der Waals surface area (Å²) < 4.78 is 11.1. The number of benzene rings is 2. The van der Waals surface area contributed by atoms with Crippen molar-refractivity contribution in [2.45, 2.75) is 19.4 Å². The number of hydrogen-bond donors (Lipinski definition) is 1. The lowest BCUT2D eigenvalue weighted by Crippen LogP contribution is -2.37. The van der Waals surface area contributed by atoms with Crippen LogP contribution in [-0.2, 0) is 4.79 Å². The highest BCUT2D eigenvalue weighted by atomic mass is 16.5. The molecule has 0 spiro atoms. The third-order valence-corrected chi connectivity index (χ3v) is 3.30. The lowest BCUT2D eigenvalue weighted by molar-refractivity contribution is -0.127. The quantitative estimate of drug-likeness (QED) is 0.758. The summed E-state index contributed by atoms with van der Waals surface area (Å²) in [6.07, 6.45) is 0.109. The molecule has 5 nitrogen and oxygen atoms in total. The molecule has 0 saturated heterocycles. The van der Waals surface area contributed by atoms with Crippen molar-refractivity contribution >= 4 is 5.91 Å². The topological polar surface area (TPSA) is 71.3 Å². The zero-order valence-corrected chi connectivity index (χ0v) is 13.6. The summed E-state index contributed by atoms with van der Waals surface area (Å²) in [5.74, 6) is 1.20. The molecule has 1 atom stereocenters. The molecule has 24 heavy (non-hydrogen) atoms. The molecular formula is C19H20N2O3. The van der Waals surface area contributed by atoms with Crippen molar-refractivity contribution < 1.29 is 14.3 Å². The van der Waals surface area contributed by atoms with E-state index in [2.05, 4.69) is 5.32 Å². The molecule has 0 aromatic heterocycles. The second-order valence-electron chi connectivity index (χ2n) is 5.20. The second kappa shape index (κ2) is 9.21. The summed E-state index contributed by atoms with van der Waals surface area (Å²) in [6.45, 7) is 2.75. The Kier molecular flexibility index (Phi) is 6.66. The van der Waals surface area contributed by atoms with Crippen molar-refractivity contribution in [1.29, 1.82) is 5.26 Å². The molecule has 2 rings (SSSR count). The number of nitrogens with zero attached hydrogens (tertiary/aromatic N) is 1. The first-order chi connectivity index (χ1) is 11.7. The first-order valence-corrected chi connectivity index (χ1v) is 7.81. The third-order valence-electron chi connectivity index (χ3n) is 3.30. The largest absolute Gasteiger partial charge is 0.494 e. The van der Waals surface area contributed by atoms with Gasteiger partial charge in [0, 0.05) is 6.54 Å². The predicted molar refractivity (Wildman–Crippen MR) is 90.8 cm³/mol. The van der Waals surface area contributed by atoms with Gasteiger partial charge in [0.1, 0.15) is 11.5 Å². The minimum absolute atomic E-state index is 0.181. The molecule has 1 N–H and O–H groups in total. The molecule has 1 amide bonds. The van der Waals surface area contributed by atoms with Gasteiger partial charge in [0.25, 0.3) is 5.91 Å². The molecule has 0 bridgehead atoms. The number of nitrogens with one attached hydrogen (secondary N) is 1. The van der Waals surface area contributed by atoms with Crippen LogP contribution in [0.2, 0.25) is 0 Å². The predicted octanol–water partition coefficient (Wildman–Crippen LogP) is 2.91. The molecule has 0 radical (unpaired) electrons. The minimum atomic E-state index is -0.604. The SMILES string of the molecule is CC(Oc1ccc(C#N)cc1)C(=O)NCCCOc1ccccc1. The Hall–Kier alpha value is -3.00. The van der Waals surface area contributed by atoms with Gasteiger partial charge in [-0.1, -0.05) is 18.2 Å². The molecule has 0 aliphatic rings. The van der Waals surface area contributed by atoms with Gasteiger partial charge in [-0.2, -0.15) is 5.26 Å². The number of ether oxygens (including phenoxy) is 2. The van der Waals surface area contributed by atoms with Gasteiger partial charge in [0.2, 0.25) is 0 Å². The molecule has 0 aliphatic heterocycles. The summed E-state index contributed by atoms with van der Waals surface area (Å²) >= 11 is 0. The standard InChI is InChI=1S/C19H20N2O3/c1-15(24-18-10-8-16(14-20)9-11-18)19(22)21-12-5-13-23-17-6-3-2-4-7-17/h2-4,6-11,15H,5,12-13H2,1H3,(H,21,22). The van der Waals surface area contributed by atoms with Crippen LogP contribution in [0.4, 0.5) is 0 Å². The van der Waals surface area contributed by atoms with Crippen molar-refractivity contribution in [3.8, 4) is 17.6 Å². The van der Waals surface area contributed by atoms with Crippen molar-refractivity contribution in [3.63, 3.8) is 0 Å². The first-order valence-electron chi connectivity index (χ1n) is 7.81. The average molecular weight is 324 g/mol. The molecule has 0 heterocycles. The van der Waals surface area contributed by atoms with Crippen molar-refractivity contribution in [1.82, 2.24) is 5.32 Å². The van der Waals surface area contributed by atoms with Crippen LogP contribution >= 0.6 is 0 Å². The van der Waals surface area contributed by atoms with Gasteiger partial charge >= 0.3 is 0 Å². The molecule has 0 saturated carbocycles. The molecule has 2 aromatic rings. The van der Waals surface area contributed by atoms with E-state index in [9.17, 15) is 4.79 Å². The van der Waals surface area contributed by atoms with Crippen molar-refractivity contribution in [2.24, 2.45) is 0 Å². The van der Waals surface area contributed by atoms with E-state index in [0.29, 0.717) is 30.9 Å². The van der Waals surface area contributed by atoms with Crippen LogP contribution in [0.25, 0.3) is 0 Å². The lowest BCUT2D eigenvalue weighted by atomic mass is 10.2. The van der Waals surface area contributed by atoms with Gasteiger partial charge < -0.3 is 14.8 Å². The van der Waals surface area contributed by atoms with Gasteiger partial charge in [-0.3, -0.25) is 4.79 Å². The maximum absolute atomic E-state index is 12.0. The van der Waals surface area contributed by atoms with E-state index in [1.165, 1.54) is 0 Å². The van der Waals surface area contributed by atoms with Gasteiger partial charge in [-0.25, -0.2) is 0 Å². The first kappa shape index (κ1) is 17.4. The number of hydrogen-bond acceptors (Lipinski definition) is 4. The number of carbonyl (C=O) groups is 1. The van der Waals surface area contributed by atoms with E-state index in [-0.39, 0.29) is 5.91 Å². The molecule has 5 heteroatoms. The summed E-state index contributed by atoms with van der Waals surface area (Å²) in [5.41, 5.74) is 0.554. The Morgan fingerprint density at radius 2 is 1.83 bits per heavy atom. The van der Waals surface area contributed by atoms with E-state index in [1.54, 1.807) is 31.2 Å². The molecular weight excluding hydrogens is 304 g/mol. The smallest absolute Gasteiger partial charge is 0.260 e. The highest BCUT2D eigenvalue weighted by molar-refractivity contribution is 5.80. The Morgan fingerprint density at radius 1 is 1.12 bits per heavy atom. The van der Waals surface area contributed by atoms with E-state index in [0.717, 1.165) is 5.75 Å². The van der Waals surface area contributed by atoms with E-state index in [1.807, 2.05) is 36.4 Å². The van der Waals surface area contributed by atoms with Gasteiger partial charge in [0.15, 0.2) is 6.10 Å². The molecule has 0 fully saturated rings. The van der Waals surface area contributed by atoms with Crippen LogP contribution in [0.5, 0.6) is 11.5 Å². The minimum Gasteiger partial charge on any atom is -0.494 e. The number of rotatable bonds is 8. The Labute approximate surface area is 141 Å². The monoisotopic (exact) mass is 324 g/mol. The number of amides is 1. The molecule has 2 aromatic carbocycles. The summed E-state index contributed by atoms with van der Waals surface area (Å²) in [5, 5.41) is 11.6. The van der Waals surface area contributed by atoms with E-state index in [4.69, 9.17) is 14.7 Å². The molecule has 0 aliphatic carbocycles. The lowest BCUT2D eigenvalue weighted by Gasteiger charge is -2.14. The number of carbonyl (C=O) groups excluding carboxylic acids is 1. The highest BCUT2D eigenvalue weighted by Gasteiger charge is 2.13. The fourth-order valence-electron chi connectivity index (χ4n) is 2.00. The van der Waals surface area contributed by atoms with Crippen LogP contribution < -0.4 is 14.8 Å². The Balaban J connectivity index is 1.65. The van der Waals surface area contributed by atoms with Crippen LogP contribution in [0.1, 0.15) is 18.9 Å².